The summed E-state index contributed by atoms with van der Waals surface area (Å²) in [5.74, 6) is 0. The number of nitrogens with two attached hydrogens (primary N) is 1. The van der Waals surface area contributed by atoms with Gasteiger partial charge in [-0.1, -0.05) is 30.3 Å². The Morgan fingerprint density at radius 2 is 2.00 bits per heavy atom. The zero-order chi connectivity index (χ0) is 12.5. The maximum atomic E-state index is 11.0. The lowest BCUT2D eigenvalue weighted by Gasteiger charge is -2.03. The number of nitrogens with zero attached hydrogens (tertiary/aromatic N) is 1. The van der Waals surface area contributed by atoms with Gasteiger partial charge in [-0.3, -0.25) is 4.79 Å². The second-order valence-electron chi connectivity index (χ2n) is 3.94. The summed E-state index contributed by atoms with van der Waals surface area (Å²) in [6.07, 6.45) is 0.844. The van der Waals surface area contributed by atoms with Gasteiger partial charge in [0.15, 0.2) is 11.9 Å². The molecule has 3 rings (SSSR count). The molecule has 0 saturated heterocycles. The van der Waals surface area contributed by atoms with Crippen molar-refractivity contribution in [1.29, 1.82) is 0 Å². The van der Waals surface area contributed by atoms with Crippen LogP contribution in [0.5, 0.6) is 0 Å². The lowest BCUT2D eigenvalue weighted by molar-refractivity contribution is 0.112. The molecule has 18 heavy (non-hydrogen) atoms. The third kappa shape index (κ3) is 1.64. The molecule has 0 aliphatic rings. The predicted molar refractivity (Wildman–Crippen MR) is 69.2 cm³/mol. The van der Waals surface area contributed by atoms with Crippen LogP contribution in [0.1, 0.15) is 10.4 Å². The maximum Gasteiger partial charge on any atom is 0.292 e. The first kappa shape index (κ1) is 10.5. The van der Waals surface area contributed by atoms with Crippen LogP contribution in [-0.2, 0) is 0 Å². The molecule has 4 heteroatoms. The number of anilines is 1. The van der Waals surface area contributed by atoms with Crippen LogP contribution >= 0.6 is 0 Å². The van der Waals surface area contributed by atoms with Crippen molar-refractivity contribution in [3.63, 3.8) is 0 Å². The quantitative estimate of drug-likeness (QED) is 0.697. The van der Waals surface area contributed by atoms with E-state index >= 15 is 0 Å². The number of hydrogen-bond acceptors (Lipinski definition) is 4. The van der Waals surface area contributed by atoms with E-state index in [9.17, 15) is 4.79 Å². The Balaban J connectivity index is 2.21. The highest BCUT2D eigenvalue weighted by atomic mass is 16.4. The molecule has 3 aromatic rings. The zero-order valence-electron chi connectivity index (χ0n) is 9.46. The van der Waals surface area contributed by atoms with Crippen molar-refractivity contribution in [2.24, 2.45) is 0 Å². The van der Waals surface area contributed by atoms with Crippen LogP contribution < -0.4 is 5.73 Å². The summed E-state index contributed by atoms with van der Waals surface area (Å²) >= 11 is 0. The van der Waals surface area contributed by atoms with E-state index in [1.807, 2.05) is 30.3 Å². The van der Waals surface area contributed by atoms with E-state index in [1.165, 1.54) is 0 Å². The number of fused-ring (bicyclic) bond motifs is 1. The molecule has 0 amide bonds. The van der Waals surface area contributed by atoms with Crippen LogP contribution in [0.2, 0.25) is 0 Å². The monoisotopic (exact) mass is 238 g/mol. The molecule has 0 aliphatic carbocycles. The van der Waals surface area contributed by atoms with Gasteiger partial charge in [-0.2, -0.15) is 4.98 Å². The molecular weight excluding hydrogens is 228 g/mol. The Labute approximate surface area is 103 Å². The number of aromatic nitrogens is 1. The Bertz CT molecular complexity index is 731. The normalized spacial score (nSPS) is 10.7. The summed E-state index contributed by atoms with van der Waals surface area (Å²) in [7, 11) is 0. The highest BCUT2D eigenvalue weighted by molar-refractivity contribution is 5.90. The Hall–Kier alpha value is -2.62. The van der Waals surface area contributed by atoms with Gasteiger partial charge in [0.25, 0.3) is 6.01 Å². The van der Waals surface area contributed by atoms with Crippen LogP contribution in [0.15, 0.2) is 46.9 Å². The topological polar surface area (TPSA) is 69.1 Å². The number of benzene rings is 2. The van der Waals surface area contributed by atoms with Gasteiger partial charge in [0.1, 0.15) is 5.52 Å². The van der Waals surface area contributed by atoms with Crippen molar-refractivity contribution in [2.75, 3.05) is 5.73 Å². The molecule has 0 atom stereocenters. The summed E-state index contributed by atoms with van der Waals surface area (Å²) in [5.41, 5.74) is 9.26. The molecule has 2 N–H and O–H groups in total. The molecule has 1 heterocycles. The standard InChI is InChI=1S/C14H10N2O2/c15-14-16-12-7-9(5-6-13(12)18-14)11-4-2-1-3-10(11)8-17/h1-8H,(H2,15,16). The molecule has 1 aromatic heterocycles. The first-order valence-electron chi connectivity index (χ1n) is 5.48. The van der Waals surface area contributed by atoms with E-state index < -0.39 is 0 Å². The number of carbonyl (C=O) groups excluding carboxylic acids is 1. The minimum absolute atomic E-state index is 0.144. The first-order chi connectivity index (χ1) is 8.78. The number of rotatable bonds is 2. The van der Waals surface area contributed by atoms with Crippen molar-refractivity contribution in [3.8, 4) is 11.1 Å². The van der Waals surface area contributed by atoms with Crippen molar-refractivity contribution < 1.29 is 9.21 Å². The number of aldehydes is 1. The molecular formula is C14H10N2O2. The maximum absolute atomic E-state index is 11.0. The summed E-state index contributed by atoms with van der Waals surface area (Å²) in [6, 6.07) is 13.1. The minimum atomic E-state index is 0.144. The van der Waals surface area contributed by atoms with Crippen LogP contribution in [0.4, 0.5) is 6.01 Å². The van der Waals surface area contributed by atoms with E-state index in [-0.39, 0.29) is 6.01 Å². The van der Waals surface area contributed by atoms with Gasteiger partial charge in [0.05, 0.1) is 0 Å². The molecule has 0 saturated carbocycles. The molecule has 0 aliphatic heterocycles. The van der Waals surface area contributed by atoms with Gasteiger partial charge < -0.3 is 10.2 Å². The fraction of sp³-hybridized carbons (Fsp3) is 0. The number of carbonyl (C=O) groups is 1. The minimum Gasteiger partial charge on any atom is -0.424 e. The smallest absolute Gasteiger partial charge is 0.292 e. The van der Waals surface area contributed by atoms with Crippen molar-refractivity contribution in [2.45, 2.75) is 0 Å². The van der Waals surface area contributed by atoms with Gasteiger partial charge in [-0.05, 0) is 23.3 Å². The fourth-order valence-electron chi connectivity index (χ4n) is 1.98. The van der Waals surface area contributed by atoms with E-state index in [0.29, 0.717) is 16.7 Å². The summed E-state index contributed by atoms with van der Waals surface area (Å²) in [4.78, 5) is 15.1. The van der Waals surface area contributed by atoms with Crippen molar-refractivity contribution in [3.05, 3.63) is 48.0 Å². The Morgan fingerprint density at radius 1 is 1.17 bits per heavy atom. The molecule has 0 unspecified atom stereocenters. The van der Waals surface area contributed by atoms with Crippen LogP contribution in [0, 0.1) is 0 Å². The van der Waals surface area contributed by atoms with Crippen molar-refractivity contribution >= 4 is 23.4 Å². The first-order valence-corrected chi connectivity index (χ1v) is 5.48. The van der Waals surface area contributed by atoms with Gasteiger partial charge >= 0.3 is 0 Å². The van der Waals surface area contributed by atoms with E-state index in [4.69, 9.17) is 10.2 Å². The van der Waals surface area contributed by atoms with Gasteiger partial charge in [0.2, 0.25) is 0 Å². The average Bonchev–Trinajstić information content (AvgIpc) is 2.77. The van der Waals surface area contributed by atoms with E-state index in [1.54, 1.807) is 12.1 Å². The van der Waals surface area contributed by atoms with Crippen LogP contribution in [-0.4, -0.2) is 11.3 Å². The molecule has 0 fully saturated rings. The lowest BCUT2D eigenvalue weighted by Crippen LogP contribution is -1.86. The zero-order valence-corrected chi connectivity index (χ0v) is 9.46. The molecule has 0 bridgehead atoms. The van der Waals surface area contributed by atoms with Crippen molar-refractivity contribution in [1.82, 2.24) is 4.98 Å². The predicted octanol–water partition coefficient (Wildman–Crippen LogP) is 2.89. The highest BCUT2D eigenvalue weighted by Gasteiger charge is 2.07. The fourth-order valence-corrected chi connectivity index (χ4v) is 1.98. The Kier molecular flexibility index (Phi) is 2.34. The highest BCUT2D eigenvalue weighted by Crippen LogP contribution is 2.27. The van der Waals surface area contributed by atoms with E-state index in [2.05, 4.69) is 4.98 Å². The van der Waals surface area contributed by atoms with Gasteiger partial charge in [-0.25, -0.2) is 0 Å². The summed E-state index contributed by atoms with van der Waals surface area (Å²) in [6.45, 7) is 0. The Morgan fingerprint density at radius 3 is 2.83 bits per heavy atom. The average molecular weight is 238 g/mol. The van der Waals surface area contributed by atoms with Crippen LogP contribution in [0.25, 0.3) is 22.2 Å². The van der Waals surface area contributed by atoms with Gasteiger partial charge in [-0.15, -0.1) is 0 Å². The van der Waals surface area contributed by atoms with E-state index in [0.717, 1.165) is 17.4 Å². The summed E-state index contributed by atoms with van der Waals surface area (Å²) in [5, 5.41) is 0. The number of nitrogen functional groups attached to an aromatic ring is 1. The molecule has 0 spiro atoms. The number of hydrogen-bond donors (Lipinski definition) is 1. The number of oxazole rings is 1. The lowest BCUT2D eigenvalue weighted by atomic mass is 10.0. The largest absolute Gasteiger partial charge is 0.424 e. The molecule has 2 aromatic carbocycles. The van der Waals surface area contributed by atoms with Crippen LogP contribution in [0.3, 0.4) is 0 Å². The summed E-state index contributed by atoms with van der Waals surface area (Å²) < 4.78 is 5.21. The third-order valence-electron chi connectivity index (χ3n) is 2.80. The van der Waals surface area contributed by atoms with Gasteiger partial charge in [0, 0.05) is 5.56 Å². The molecule has 88 valence electrons. The second-order valence-corrected chi connectivity index (χ2v) is 3.94. The third-order valence-corrected chi connectivity index (χ3v) is 2.80. The second kappa shape index (κ2) is 4.00. The molecule has 4 nitrogen and oxygen atoms in total. The SMILES string of the molecule is Nc1nc2cc(-c3ccccc3C=O)ccc2o1. The molecule has 0 radical (unpaired) electrons.